The van der Waals surface area contributed by atoms with Crippen molar-refractivity contribution in [2.75, 3.05) is 13.7 Å². The zero-order valence-corrected chi connectivity index (χ0v) is 9.47. The van der Waals surface area contributed by atoms with Gasteiger partial charge in [0.1, 0.15) is 5.75 Å². The van der Waals surface area contributed by atoms with Gasteiger partial charge in [-0.15, -0.1) is 0 Å². The van der Waals surface area contributed by atoms with Crippen molar-refractivity contribution in [3.05, 3.63) is 29.8 Å². The number of hydrogen-bond donors (Lipinski definition) is 0. The number of hydrogen-bond acceptors (Lipinski definition) is 3. The lowest BCUT2D eigenvalue weighted by Crippen LogP contribution is -2.24. The zero-order chi connectivity index (χ0) is 11.0. The van der Waals surface area contributed by atoms with Gasteiger partial charge in [0.25, 0.3) is 0 Å². The van der Waals surface area contributed by atoms with E-state index in [2.05, 4.69) is 28.5 Å². The molecule has 0 aromatic heterocycles. The van der Waals surface area contributed by atoms with Crippen LogP contribution in [0, 0.1) is 0 Å². The van der Waals surface area contributed by atoms with E-state index in [-0.39, 0.29) is 0 Å². The Labute approximate surface area is 95.7 Å². The van der Waals surface area contributed by atoms with E-state index in [9.17, 15) is 0 Å². The highest BCUT2D eigenvalue weighted by atomic mass is 16.5. The van der Waals surface area contributed by atoms with Gasteiger partial charge in [0.15, 0.2) is 0 Å². The Morgan fingerprint density at radius 1 is 1.31 bits per heavy atom. The van der Waals surface area contributed by atoms with E-state index in [0.29, 0.717) is 12.0 Å². The van der Waals surface area contributed by atoms with Crippen LogP contribution in [0.1, 0.15) is 24.3 Å². The molecule has 0 saturated carbocycles. The van der Waals surface area contributed by atoms with Gasteiger partial charge < -0.3 is 4.74 Å². The summed E-state index contributed by atoms with van der Waals surface area (Å²) in [6.07, 6.45) is 4.62. The van der Waals surface area contributed by atoms with Crippen molar-refractivity contribution in [1.82, 2.24) is 5.01 Å². The first-order valence-electron chi connectivity index (χ1n) is 5.83. The van der Waals surface area contributed by atoms with Crippen LogP contribution in [-0.2, 0) is 0 Å². The van der Waals surface area contributed by atoms with Crippen molar-refractivity contribution in [2.45, 2.75) is 24.8 Å². The van der Waals surface area contributed by atoms with Crippen molar-refractivity contribution >= 4 is 6.21 Å². The molecule has 2 aliphatic rings. The molecule has 0 bridgehead atoms. The van der Waals surface area contributed by atoms with Gasteiger partial charge >= 0.3 is 0 Å². The summed E-state index contributed by atoms with van der Waals surface area (Å²) in [6.45, 7) is 1.12. The molecule has 1 aromatic rings. The van der Waals surface area contributed by atoms with Gasteiger partial charge in [0, 0.05) is 18.7 Å². The fourth-order valence-electron chi connectivity index (χ4n) is 2.68. The number of fused-ring (bicyclic) bond motifs is 1. The quantitative estimate of drug-likeness (QED) is 0.757. The molecule has 0 unspecified atom stereocenters. The van der Waals surface area contributed by atoms with Gasteiger partial charge in [0.05, 0.1) is 13.2 Å². The second-order valence-electron chi connectivity index (χ2n) is 4.44. The Bertz CT molecular complexity index is 399. The van der Waals surface area contributed by atoms with Gasteiger partial charge in [-0.05, 0) is 30.5 Å². The van der Waals surface area contributed by atoms with Crippen LogP contribution in [0.5, 0.6) is 5.75 Å². The highest BCUT2D eigenvalue weighted by molar-refractivity contribution is 5.71. The summed E-state index contributed by atoms with van der Waals surface area (Å²) in [6, 6.07) is 8.95. The van der Waals surface area contributed by atoms with E-state index in [1.54, 1.807) is 7.11 Å². The maximum absolute atomic E-state index is 5.17. The number of hydrazone groups is 1. The molecule has 0 radical (unpaired) electrons. The summed E-state index contributed by atoms with van der Waals surface area (Å²) in [5.74, 6) is 1.38. The Hall–Kier alpha value is -1.51. The number of rotatable bonds is 2. The van der Waals surface area contributed by atoms with E-state index in [0.717, 1.165) is 12.3 Å². The molecule has 3 heteroatoms. The third-order valence-electron chi connectivity index (χ3n) is 3.56. The molecule has 0 N–H and O–H groups in total. The van der Waals surface area contributed by atoms with Gasteiger partial charge in [0.2, 0.25) is 0 Å². The maximum atomic E-state index is 5.17. The number of benzene rings is 1. The molecule has 1 saturated heterocycles. The molecule has 1 fully saturated rings. The lowest BCUT2D eigenvalue weighted by atomic mass is 9.92. The van der Waals surface area contributed by atoms with Gasteiger partial charge in [-0.3, -0.25) is 5.01 Å². The van der Waals surface area contributed by atoms with Crippen LogP contribution < -0.4 is 4.74 Å². The Balaban J connectivity index is 1.84. The van der Waals surface area contributed by atoms with Crippen LogP contribution in [0.25, 0.3) is 0 Å². The van der Waals surface area contributed by atoms with Gasteiger partial charge in [-0.1, -0.05) is 12.1 Å². The third-order valence-corrected chi connectivity index (χ3v) is 3.56. The third kappa shape index (κ3) is 1.47. The minimum Gasteiger partial charge on any atom is -0.497 e. The molecule has 3 rings (SSSR count). The molecular formula is C13H16N2O. The fraction of sp³-hybridized carbons (Fsp3) is 0.462. The monoisotopic (exact) mass is 216 g/mol. The molecule has 2 atom stereocenters. The first-order valence-corrected chi connectivity index (χ1v) is 5.83. The minimum atomic E-state index is 0.466. The van der Waals surface area contributed by atoms with E-state index in [4.69, 9.17) is 4.74 Å². The van der Waals surface area contributed by atoms with Crippen LogP contribution in [0.2, 0.25) is 0 Å². The van der Waals surface area contributed by atoms with E-state index >= 15 is 0 Å². The van der Waals surface area contributed by atoms with Crippen molar-refractivity contribution in [2.24, 2.45) is 5.10 Å². The maximum Gasteiger partial charge on any atom is 0.118 e. The normalized spacial score (nSPS) is 27.2. The largest absolute Gasteiger partial charge is 0.497 e. The van der Waals surface area contributed by atoms with Crippen molar-refractivity contribution in [3.8, 4) is 5.75 Å². The minimum absolute atomic E-state index is 0.466. The van der Waals surface area contributed by atoms with E-state index < -0.39 is 0 Å². The van der Waals surface area contributed by atoms with Crippen LogP contribution in [0.3, 0.4) is 0 Å². The van der Waals surface area contributed by atoms with Crippen LogP contribution in [0.4, 0.5) is 0 Å². The smallest absolute Gasteiger partial charge is 0.118 e. The van der Waals surface area contributed by atoms with Crippen LogP contribution in [-0.4, -0.2) is 30.9 Å². The first kappa shape index (κ1) is 9.70. The standard InChI is InChI=1S/C13H16N2O/c1-16-11-6-4-10(5-7-11)12-9-14-15-8-2-3-13(12)15/h4-7,9,12-13H,2-3,8H2,1H3/t12-,13-/m0/s1. The molecule has 2 heterocycles. The first-order chi connectivity index (χ1) is 7.88. The summed E-state index contributed by atoms with van der Waals surface area (Å²) < 4.78 is 5.17. The molecule has 2 aliphatic heterocycles. The van der Waals surface area contributed by atoms with Gasteiger partial charge in [-0.2, -0.15) is 5.10 Å². The predicted molar refractivity (Wildman–Crippen MR) is 64.0 cm³/mol. The van der Waals surface area contributed by atoms with Gasteiger partial charge in [-0.25, -0.2) is 0 Å². The Morgan fingerprint density at radius 3 is 2.88 bits per heavy atom. The molecule has 0 amide bonds. The summed E-state index contributed by atoms with van der Waals surface area (Å²) in [7, 11) is 1.70. The fourth-order valence-corrected chi connectivity index (χ4v) is 2.68. The molecular weight excluding hydrogens is 200 g/mol. The summed E-state index contributed by atoms with van der Waals surface area (Å²) in [5, 5.41) is 6.71. The molecule has 0 spiro atoms. The Morgan fingerprint density at radius 2 is 2.12 bits per heavy atom. The number of ether oxygens (including phenoxy) is 1. The lowest BCUT2D eigenvalue weighted by molar-refractivity contribution is 0.285. The zero-order valence-electron chi connectivity index (χ0n) is 9.47. The second-order valence-corrected chi connectivity index (χ2v) is 4.44. The predicted octanol–water partition coefficient (Wildman–Crippen LogP) is 2.24. The molecule has 84 valence electrons. The van der Waals surface area contributed by atoms with Crippen LogP contribution >= 0.6 is 0 Å². The summed E-state index contributed by atoms with van der Waals surface area (Å²) >= 11 is 0. The van der Waals surface area contributed by atoms with E-state index in [1.165, 1.54) is 18.4 Å². The average Bonchev–Trinajstić information content (AvgIpc) is 2.91. The molecule has 16 heavy (non-hydrogen) atoms. The van der Waals surface area contributed by atoms with Crippen molar-refractivity contribution in [1.29, 1.82) is 0 Å². The SMILES string of the molecule is COc1ccc([C@@H]2C=NN3CCC[C@@H]23)cc1. The topological polar surface area (TPSA) is 24.8 Å². The Kier molecular flexibility index (Phi) is 2.31. The van der Waals surface area contributed by atoms with Crippen LogP contribution in [0.15, 0.2) is 29.4 Å². The summed E-state index contributed by atoms with van der Waals surface area (Å²) in [4.78, 5) is 0. The highest BCUT2D eigenvalue weighted by Gasteiger charge is 2.35. The number of methoxy groups -OCH3 is 1. The second kappa shape index (κ2) is 3.81. The number of nitrogens with zero attached hydrogens (tertiary/aromatic N) is 2. The lowest BCUT2D eigenvalue weighted by Gasteiger charge is -2.19. The van der Waals surface area contributed by atoms with E-state index in [1.807, 2.05) is 12.1 Å². The highest BCUT2D eigenvalue weighted by Crippen LogP contribution is 2.34. The molecule has 0 aliphatic carbocycles. The van der Waals surface area contributed by atoms with Crippen molar-refractivity contribution in [3.63, 3.8) is 0 Å². The van der Waals surface area contributed by atoms with Crippen molar-refractivity contribution < 1.29 is 4.74 Å². The molecule has 3 nitrogen and oxygen atoms in total. The summed E-state index contributed by atoms with van der Waals surface area (Å²) in [5.41, 5.74) is 1.35. The molecule has 1 aromatic carbocycles. The average molecular weight is 216 g/mol.